The second-order valence-corrected chi connectivity index (χ2v) is 11.1. The van der Waals surface area contributed by atoms with E-state index in [-0.39, 0.29) is 12.2 Å². The largest absolute Gasteiger partial charge is 0.462 e. The number of nitrogens with zero attached hydrogens (tertiary/aromatic N) is 2. The zero-order chi connectivity index (χ0) is 26.0. The van der Waals surface area contributed by atoms with Crippen LogP contribution in [-0.2, 0) is 22.4 Å². The minimum absolute atomic E-state index is 0.0186. The predicted octanol–water partition coefficient (Wildman–Crippen LogP) is 6.67. The van der Waals surface area contributed by atoms with Crippen LogP contribution in [0, 0.1) is 35.7 Å². The molecule has 1 aliphatic carbocycles. The van der Waals surface area contributed by atoms with Gasteiger partial charge in [-0.25, -0.2) is 4.79 Å². The first kappa shape index (κ1) is 26.2. The van der Waals surface area contributed by atoms with Gasteiger partial charge < -0.3 is 14.6 Å². The van der Waals surface area contributed by atoms with E-state index in [2.05, 4.69) is 57.6 Å². The third-order valence-corrected chi connectivity index (χ3v) is 8.80. The predicted molar refractivity (Wildman–Crippen MR) is 152 cm³/mol. The van der Waals surface area contributed by atoms with Crippen LogP contribution in [0.25, 0.3) is 11.8 Å². The van der Waals surface area contributed by atoms with Crippen molar-refractivity contribution >= 4 is 56.9 Å². The number of fused-ring (bicyclic) bond motifs is 1. The molecule has 0 bridgehead atoms. The number of hydrogen-bond donors (Lipinski definition) is 1. The molecule has 36 heavy (non-hydrogen) atoms. The van der Waals surface area contributed by atoms with E-state index in [0.717, 1.165) is 58.8 Å². The Morgan fingerprint density at radius 2 is 1.97 bits per heavy atom. The van der Waals surface area contributed by atoms with Gasteiger partial charge in [0.15, 0.2) is 0 Å². The zero-order valence-corrected chi connectivity index (χ0v) is 23.8. The molecule has 1 amide bonds. The van der Waals surface area contributed by atoms with E-state index in [1.807, 2.05) is 26.0 Å². The number of halogens is 1. The summed E-state index contributed by atoms with van der Waals surface area (Å²) in [6.07, 6.45) is 5.35. The lowest BCUT2D eigenvalue weighted by Crippen LogP contribution is -2.16. The Morgan fingerprint density at radius 3 is 2.67 bits per heavy atom. The summed E-state index contributed by atoms with van der Waals surface area (Å²) in [5, 5.41) is 13.1. The van der Waals surface area contributed by atoms with Gasteiger partial charge >= 0.3 is 5.97 Å². The maximum absolute atomic E-state index is 13.2. The van der Waals surface area contributed by atoms with Crippen LogP contribution in [0.5, 0.6) is 0 Å². The van der Waals surface area contributed by atoms with Gasteiger partial charge in [0.2, 0.25) is 0 Å². The van der Waals surface area contributed by atoms with Crippen LogP contribution < -0.4 is 5.32 Å². The van der Waals surface area contributed by atoms with Crippen molar-refractivity contribution < 1.29 is 14.3 Å². The summed E-state index contributed by atoms with van der Waals surface area (Å²) in [5.41, 5.74) is 6.38. The van der Waals surface area contributed by atoms with Crippen molar-refractivity contribution in [3.63, 3.8) is 0 Å². The molecule has 2 aromatic heterocycles. The van der Waals surface area contributed by atoms with E-state index < -0.39 is 11.9 Å². The maximum Gasteiger partial charge on any atom is 0.341 e. The third-order valence-electron chi connectivity index (χ3n) is 6.43. The molecule has 4 rings (SSSR count). The number of anilines is 1. The number of thiophene rings is 1. The molecular weight excluding hydrogens is 585 g/mol. The van der Waals surface area contributed by atoms with Crippen LogP contribution in [0.1, 0.15) is 63.1 Å². The fourth-order valence-electron chi connectivity index (χ4n) is 4.60. The molecule has 1 aliphatic rings. The summed E-state index contributed by atoms with van der Waals surface area (Å²) in [6, 6.07) is 10.3. The first-order valence-corrected chi connectivity index (χ1v) is 13.8. The number of aromatic nitrogens is 1. The Hall–Kier alpha value is -2.90. The minimum Gasteiger partial charge on any atom is -0.462 e. The molecule has 3 aromatic rings. The zero-order valence-electron chi connectivity index (χ0n) is 20.8. The van der Waals surface area contributed by atoms with Gasteiger partial charge in [0, 0.05) is 25.5 Å². The molecule has 2 heterocycles. The van der Waals surface area contributed by atoms with Gasteiger partial charge in [-0.15, -0.1) is 11.3 Å². The molecule has 6 nitrogen and oxygen atoms in total. The molecule has 0 aliphatic heterocycles. The lowest BCUT2D eigenvalue weighted by atomic mass is 9.95. The Bertz CT molecular complexity index is 1420. The molecule has 0 saturated carbocycles. The molecule has 186 valence electrons. The molecule has 8 heteroatoms. The third kappa shape index (κ3) is 5.13. The van der Waals surface area contributed by atoms with Gasteiger partial charge in [-0.05, 0) is 117 Å². The monoisotopic (exact) mass is 613 g/mol. The van der Waals surface area contributed by atoms with Gasteiger partial charge in [-0.3, -0.25) is 4.79 Å². The molecule has 0 radical (unpaired) electrons. The van der Waals surface area contributed by atoms with Gasteiger partial charge in [0.05, 0.1) is 12.2 Å². The number of amides is 1. The number of carbonyl (C=O) groups is 2. The van der Waals surface area contributed by atoms with Crippen LogP contribution in [-0.4, -0.2) is 23.1 Å². The van der Waals surface area contributed by atoms with E-state index in [9.17, 15) is 14.9 Å². The van der Waals surface area contributed by atoms with Crippen molar-refractivity contribution in [1.29, 1.82) is 5.26 Å². The number of carbonyl (C=O) groups excluding carboxylic acids is 2. The number of esters is 1. The number of nitrogens with one attached hydrogen (secondary N) is 1. The lowest BCUT2D eigenvalue weighted by Gasteiger charge is -2.12. The minimum atomic E-state index is -0.531. The van der Waals surface area contributed by atoms with Crippen molar-refractivity contribution in [2.45, 2.75) is 53.4 Å². The van der Waals surface area contributed by atoms with E-state index in [0.29, 0.717) is 10.6 Å². The fourth-order valence-corrected chi connectivity index (χ4v) is 6.37. The van der Waals surface area contributed by atoms with E-state index in [4.69, 9.17) is 4.74 Å². The average Bonchev–Trinajstić information content (AvgIpc) is 3.35. The highest BCUT2D eigenvalue weighted by atomic mass is 127. The van der Waals surface area contributed by atoms with Gasteiger partial charge in [0.25, 0.3) is 5.91 Å². The molecule has 0 atom stereocenters. The van der Waals surface area contributed by atoms with Crippen molar-refractivity contribution in [2.75, 3.05) is 11.9 Å². The summed E-state index contributed by atoms with van der Waals surface area (Å²) in [7, 11) is 0. The first-order chi connectivity index (χ1) is 17.2. The van der Waals surface area contributed by atoms with Crippen LogP contribution in [0.15, 0.2) is 29.8 Å². The summed E-state index contributed by atoms with van der Waals surface area (Å²) < 4.78 is 8.57. The number of hydrogen-bond acceptors (Lipinski definition) is 5. The van der Waals surface area contributed by atoms with Crippen LogP contribution in [0.2, 0.25) is 0 Å². The van der Waals surface area contributed by atoms with Gasteiger partial charge in [0.1, 0.15) is 16.6 Å². The van der Waals surface area contributed by atoms with Crippen molar-refractivity contribution in [3.05, 3.63) is 71.9 Å². The molecule has 1 N–H and O–H groups in total. The summed E-state index contributed by atoms with van der Waals surface area (Å²) in [6.45, 7) is 8.08. The smallest absolute Gasteiger partial charge is 0.341 e. The quantitative estimate of drug-likeness (QED) is 0.146. The Labute approximate surface area is 229 Å². The van der Waals surface area contributed by atoms with Crippen LogP contribution in [0.4, 0.5) is 5.00 Å². The van der Waals surface area contributed by atoms with Crippen molar-refractivity contribution in [1.82, 2.24) is 4.57 Å². The molecule has 0 saturated heterocycles. The second-order valence-electron chi connectivity index (χ2n) is 8.85. The number of ether oxygens (including phenoxy) is 1. The van der Waals surface area contributed by atoms with E-state index in [1.54, 1.807) is 13.0 Å². The summed E-state index contributed by atoms with van der Waals surface area (Å²) in [5.74, 6) is -0.956. The van der Waals surface area contributed by atoms with E-state index in [1.165, 1.54) is 20.5 Å². The highest BCUT2D eigenvalue weighted by molar-refractivity contribution is 14.1. The van der Waals surface area contributed by atoms with Gasteiger partial charge in [-0.2, -0.15) is 5.26 Å². The standard InChI is InChI=1S/C28H28IN3O3S/c1-5-35-28(34)25-22-8-6-7-9-24(22)36-27(25)31-26(33)20(15-30)13-19-12-17(3)32(18(19)4)21-11-10-16(2)23(29)14-21/h10-14H,5-9H2,1-4H3,(H,31,33)/b20-13+. The summed E-state index contributed by atoms with van der Waals surface area (Å²) >= 11 is 3.74. The first-order valence-electron chi connectivity index (χ1n) is 11.9. The maximum atomic E-state index is 13.2. The topological polar surface area (TPSA) is 84.1 Å². The van der Waals surface area contributed by atoms with Crippen LogP contribution >= 0.6 is 33.9 Å². The summed E-state index contributed by atoms with van der Waals surface area (Å²) in [4.78, 5) is 27.0. The Kier molecular flexibility index (Phi) is 8.00. The number of nitriles is 1. The Morgan fingerprint density at radius 1 is 1.22 bits per heavy atom. The number of rotatable bonds is 6. The average molecular weight is 614 g/mol. The van der Waals surface area contributed by atoms with E-state index >= 15 is 0 Å². The molecular formula is C28H28IN3O3S. The van der Waals surface area contributed by atoms with Crippen molar-refractivity contribution in [2.24, 2.45) is 0 Å². The highest BCUT2D eigenvalue weighted by Gasteiger charge is 2.28. The fraction of sp³-hybridized carbons (Fsp3) is 0.321. The normalized spacial score (nSPS) is 13.2. The molecule has 0 unspecified atom stereocenters. The SMILES string of the molecule is CCOC(=O)c1c(NC(=O)/C(C#N)=C/c2cc(C)n(-c3ccc(C)c(I)c3)c2C)sc2c1CCCC2. The second kappa shape index (κ2) is 11.0. The number of aryl methyl sites for hydroxylation is 3. The van der Waals surface area contributed by atoms with Crippen LogP contribution in [0.3, 0.4) is 0 Å². The van der Waals surface area contributed by atoms with Gasteiger partial charge in [-0.1, -0.05) is 6.07 Å². The highest BCUT2D eigenvalue weighted by Crippen LogP contribution is 2.39. The Balaban J connectivity index is 1.67. The molecule has 1 aromatic carbocycles. The lowest BCUT2D eigenvalue weighted by molar-refractivity contribution is -0.112. The molecule has 0 fully saturated rings. The molecule has 0 spiro atoms. The number of benzene rings is 1. The van der Waals surface area contributed by atoms with Crippen molar-refractivity contribution in [3.8, 4) is 11.8 Å².